The third kappa shape index (κ3) is 5.04. The molecule has 0 saturated heterocycles. The van der Waals surface area contributed by atoms with Crippen LogP contribution >= 0.6 is 22.9 Å². The number of nitrogens with one attached hydrogen (secondary N) is 1. The van der Waals surface area contributed by atoms with Gasteiger partial charge in [0.2, 0.25) is 0 Å². The SMILES string of the molecule is COCCN(Cc1cccs1)C(=O)Nc1ccc(Cl)cc1. The molecule has 0 aliphatic carbocycles. The van der Waals surface area contributed by atoms with Crippen LogP contribution in [0.5, 0.6) is 0 Å². The van der Waals surface area contributed by atoms with Gasteiger partial charge in [-0.3, -0.25) is 0 Å². The zero-order chi connectivity index (χ0) is 15.1. The van der Waals surface area contributed by atoms with E-state index in [2.05, 4.69) is 5.32 Å². The second-order valence-electron chi connectivity index (χ2n) is 4.43. The van der Waals surface area contributed by atoms with E-state index in [-0.39, 0.29) is 6.03 Å². The summed E-state index contributed by atoms with van der Waals surface area (Å²) in [4.78, 5) is 15.2. The number of ether oxygens (including phenoxy) is 1. The van der Waals surface area contributed by atoms with E-state index in [1.807, 2.05) is 17.5 Å². The van der Waals surface area contributed by atoms with E-state index in [4.69, 9.17) is 16.3 Å². The average molecular weight is 325 g/mol. The normalized spacial score (nSPS) is 10.4. The molecule has 21 heavy (non-hydrogen) atoms. The van der Waals surface area contributed by atoms with Crippen LogP contribution < -0.4 is 5.32 Å². The molecule has 0 spiro atoms. The zero-order valence-electron chi connectivity index (χ0n) is 11.7. The lowest BCUT2D eigenvalue weighted by Crippen LogP contribution is -2.36. The van der Waals surface area contributed by atoms with Crippen molar-refractivity contribution in [2.24, 2.45) is 0 Å². The van der Waals surface area contributed by atoms with E-state index in [0.29, 0.717) is 24.7 Å². The predicted molar refractivity (Wildman–Crippen MR) is 87.1 cm³/mol. The number of hydrogen-bond acceptors (Lipinski definition) is 3. The van der Waals surface area contributed by atoms with Crippen molar-refractivity contribution < 1.29 is 9.53 Å². The van der Waals surface area contributed by atoms with Crippen LogP contribution in [0.25, 0.3) is 0 Å². The van der Waals surface area contributed by atoms with Gasteiger partial charge in [0.25, 0.3) is 0 Å². The number of carbonyl (C=O) groups excluding carboxylic acids is 1. The molecule has 0 bridgehead atoms. The summed E-state index contributed by atoms with van der Waals surface area (Å²) in [6, 6.07) is 10.9. The number of halogens is 1. The van der Waals surface area contributed by atoms with Gasteiger partial charge in [0.05, 0.1) is 13.2 Å². The number of hydrogen-bond donors (Lipinski definition) is 1. The molecule has 2 aromatic rings. The van der Waals surface area contributed by atoms with Gasteiger partial charge < -0.3 is 15.0 Å². The van der Waals surface area contributed by atoms with Crippen LogP contribution in [-0.2, 0) is 11.3 Å². The van der Waals surface area contributed by atoms with Crippen molar-refractivity contribution in [3.05, 3.63) is 51.7 Å². The number of benzene rings is 1. The monoisotopic (exact) mass is 324 g/mol. The number of nitrogens with zero attached hydrogens (tertiary/aromatic N) is 1. The lowest BCUT2D eigenvalue weighted by molar-refractivity contribution is 0.153. The summed E-state index contributed by atoms with van der Waals surface area (Å²) in [6.07, 6.45) is 0. The molecule has 0 aliphatic rings. The maximum Gasteiger partial charge on any atom is 0.322 e. The van der Waals surface area contributed by atoms with E-state index in [1.54, 1.807) is 47.6 Å². The molecule has 0 saturated carbocycles. The van der Waals surface area contributed by atoms with Crippen LogP contribution in [-0.4, -0.2) is 31.2 Å². The van der Waals surface area contributed by atoms with Gasteiger partial charge in [0, 0.05) is 29.2 Å². The molecule has 0 unspecified atom stereocenters. The molecule has 112 valence electrons. The maximum absolute atomic E-state index is 12.4. The zero-order valence-corrected chi connectivity index (χ0v) is 13.3. The van der Waals surface area contributed by atoms with Gasteiger partial charge in [-0.1, -0.05) is 17.7 Å². The van der Waals surface area contributed by atoms with Crippen molar-refractivity contribution in [1.29, 1.82) is 0 Å². The number of methoxy groups -OCH3 is 1. The first-order chi connectivity index (χ1) is 10.2. The van der Waals surface area contributed by atoms with Crippen LogP contribution in [0.1, 0.15) is 4.88 Å². The van der Waals surface area contributed by atoms with Gasteiger partial charge >= 0.3 is 6.03 Å². The summed E-state index contributed by atoms with van der Waals surface area (Å²) in [7, 11) is 1.63. The number of urea groups is 1. The summed E-state index contributed by atoms with van der Waals surface area (Å²) in [5.74, 6) is 0. The van der Waals surface area contributed by atoms with Crippen LogP contribution in [0.4, 0.5) is 10.5 Å². The predicted octanol–water partition coefficient (Wildman–Crippen LogP) is 4.08. The van der Waals surface area contributed by atoms with E-state index in [9.17, 15) is 4.79 Å². The minimum Gasteiger partial charge on any atom is -0.383 e. The molecule has 0 fully saturated rings. The Kier molecular flexibility index (Phi) is 6.04. The van der Waals surface area contributed by atoms with Crippen LogP contribution in [0.2, 0.25) is 5.02 Å². The Hall–Kier alpha value is -1.56. The van der Waals surface area contributed by atoms with Crippen molar-refractivity contribution in [3.8, 4) is 0 Å². The minimum absolute atomic E-state index is 0.150. The third-order valence-electron chi connectivity index (χ3n) is 2.87. The highest BCUT2D eigenvalue weighted by molar-refractivity contribution is 7.09. The molecule has 1 aromatic heterocycles. The summed E-state index contributed by atoms with van der Waals surface area (Å²) in [6.45, 7) is 1.60. The molecule has 0 aliphatic heterocycles. The van der Waals surface area contributed by atoms with E-state index in [0.717, 1.165) is 10.6 Å². The molecule has 2 rings (SSSR count). The number of amides is 2. The van der Waals surface area contributed by atoms with Gasteiger partial charge in [0.15, 0.2) is 0 Å². The minimum atomic E-state index is -0.150. The molecular formula is C15H17ClN2O2S. The highest BCUT2D eigenvalue weighted by atomic mass is 35.5. The maximum atomic E-state index is 12.4. The molecule has 1 aromatic carbocycles. The Labute approximate surface area is 133 Å². The fraction of sp³-hybridized carbons (Fsp3) is 0.267. The standard InChI is InChI=1S/C15H17ClN2O2S/c1-20-9-8-18(11-14-3-2-10-21-14)15(19)17-13-6-4-12(16)5-7-13/h2-7,10H,8-9,11H2,1H3,(H,17,19). The topological polar surface area (TPSA) is 41.6 Å². The van der Waals surface area contributed by atoms with Crippen molar-refractivity contribution in [3.63, 3.8) is 0 Å². The Balaban J connectivity index is 2.00. The Morgan fingerprint density at radius 1 is 1.33 bits per heavy atom. The van der Waals surface area contributed by atoms with E-state index < -0.39 is 0 Å². The first kappa shape index (κ1) is 15.8. The lowest BCUT2D eigenvalue weighted by atomic mass is 10.3. The van der Waals surface area contributed by atoms with Crippen LogP contribution in [0, 0.1) is 0 Å². The largest absolute Gasteiger partial charge is 0.383 e. The van der Waals surface area contributed by atoms with Crippen molar-refractivity contribution >= 4 is 34.7 Å². The van der Waals surface area contributed by atoms with Crippen molar-refractivity contribution in [2.45, 2.75) is 6.54 Å². The molecule has 0 radical (unpaired) electrons. The fourth-order valence-electron chi connectivity index (χ4n) is 1.78. The number of thiophene rings is 1. The van der Waals surface area contributed by atoms with Crippen LogP contribution in [0.3, 0.4) is 0 Å². The Morgan fingerprint density at radius 2 is 2.10 bits per heavy atom. The first-order valence-corrected chi connectivity index (χ1v) is 7.77. The van der Waals surface area contributed by atoms with Gasteiger partial charge in [0.1, 0.15) is 0 Å². The molecule has 4 nitrogen and oxygen atoms in total. The van der Waals surface area contributed by atoms with Crippen molar-refractivity contribution in [1.82, 2.24) is 4.90 Å². The van der Waals surface area contributed by atoms with E-state index >= 15 is 0 Å². The number of carbonyl (C=O) groups is 1. The quantitative estimate of drug-likeness (QED) is 0.869. The van der Waals surface area contributed by atoms with Gasteiger partial charge in [-0.2, -0.15) is 0 Å². The van der Waals surface area contributed by atoms with Gasteiger partial charge in [-0.25, -0.2) is 4.79 Å². The smallest absolute Gasteiger partial charge is 0.322 e. The van der Waals surface area contributed by atoms with Crippen LogP contribution in [0.15, 0.2) is 41.8 Å². The van der Waals surface area contributed by atoms with E-state index in [1.165, 1.54) is 0 Å². The summed E-state index contributed by atoms with van der Waals surface area (Å²) in [5, 5.41) is 5.51. The number of anilines is 1. The second kappa shape index (κ2) is 8.02. The van der Waals surface area contributed by atoms with Crippen molar-refractivity contribution in [2.75, 3.05) is 25.6 Å². The van der Waals surface area contributed by atoms with Gasteiger partial charge in [-0.15, -0.1) is 11.3 Å². The Bertz CT molecular complexity index is 558. The molecule has 1 N–H and O–H groups in total. The number of rotatable bonds is 6. The highest BCUT2D eigenvalue weighted by Gasteiger charge is 2.14. The summed E-state index contributed by atoms with van der Waals surface area (Å²) in [5.41, 5.74) is 0.720. The van der Waals surface area contributed by atoms with Gasteiger partial charge in [-0.05, 0) is 35.7 Å². The Morgan fingerprint density at radius 3 is 2.71 bits per heavy atom. The molecule has 6 heteroatoms. The fourth-order valence-corrected chi connectivity index (χ4v) is 2.63. The molecule has 1 heterocycles. The summed E-state index contributed by atoms with van der Waals surface area (Å²) < 4.78 is 5.07. The second-order valence-corrected chi connectivity index (χ2v) is 5.90. The lowest BCUT2D eigenvalue weighted by Gasteiger charge is -2.22. The summed E-state index contributed by atoms with van der Waals surface area (Å²) >= 11 is 7.47. The highest BCUT2D eigenvalue weighted by Crippen LogP contribution is 2.16. The molecule has 2 amide bonds. The molecular weight excluding hydrogens is 308 g/mol. The third-order valence-corrected chi connectivity index (χ3v) is 3.99. The average Bonchev–Trinajstić information content (AvgIpc) is 2.98. The first-order valence-electron chi connectivity index (χ1n) is 6.52. The molecule has 0 atom stereocenters.